The highest BCUT2D eigenvalue weighted by Gasteiger charge is 2.21. The second kappa shape index (κ2) is 9.06. The number of rotatable bonds is 7. The minimum absolute atomic E-state index is 0. The number of carbonyl (C=O) groups excluding carboxylic acids is 1. The summed E-state index contributed by atoms with van der Waals surface area (Å²) in [4.78, 5) is 12.0. The molecule has 1 rings (SSSR count). The SMILES string of the molecule is CCC(N)(CC)CNC(=O)CC(C)c1ccccc1C.Cl. The van der Waals surface area contributed by atoms with Crippen LogP contribution in [0.3, 0.4) is 0 Å². The number of carbonyl (C=O) groups is 1. The molecule has 0 aromatic heterocycles. The fourth-order valence-electron chi connectivity index (χ4n) is 2.37. The molecular weight excluding hydrogens is 284 g/mol. The quantitative estimate of drug-likeness (QED) is 0.809. The van der Waals surface area contributed by atoms with Gasteiger partial charge in [-0.15, -0.1) is 12.4 Å². The summed E-state index contributed by atoms with van der Waals surface area (Å²) in [5.74, 6) is 0.309. The second-order valence-electron chi connectivity index (χ2n) is 5.81. The summed E-state index contributed by atoms with van der Waals surface area (Å²) >= 11 is 0. The Morgan fingerprint density at radius 1 is 1.29 bits per heavy atom. The van der Waals surface area contributed by atoms with Crippen LogP contribution in [-0.4, -0.2) is 18.0 Å². The van der Waals surface area contributed by atoms with E-state index < -0.39 is 0 Å². The normalized spacial score (nSPS) is 12.4. The molecule has 0 aliphatic heterocycles. The number of aryl methyl sites for hydroxylation is 1. The Morgan fingerprint density at radius 2 is 1.86 bits per heavy atom. The largest absolute Gasteiger partial charge is 0.354 e. The minimum atomic E-state index is -0.276. The molecule has 0 fully saturated rings. The molecule has 3 N–H and O–H groups in total. The molecular formula is C17H29ClN2O. The fourth-order valence-corrected chi connectivity index (χ4v) is 2.37. The zero-order valence-corrected chi connectivity index (χ0v) is 14.4. The van der Waals surface area contributed by atoms with Crippen molar-refractivity contribution in [3.8, 4) is 0 Å². The van der Waals surface area contributed by atoms with Crippen molar-refractivity contribution in [2.24, 2.45) is 5.73 Å². The van der Waals surface area contributed by atoms with Crippen LogP contribution in [0.4, 0.5) is 0 Å². The van der Waals surface area contributed by atoms with Crippen molar-refractivity contribution in [3.05, 3.63) is 35.4 Å². The van der Waals surface area contributed by atoms with Gasteiger partial charge < -0.3 is 11.1 Å². The molecule has 0 heterocycles. The lowest BCUT2D eigenvalue weighted by Gasteiger charge is -2.27. The number of nitrogens with two attached hydrogens (primary N) is 1. The predicted octanol–water partition coefficient (Wildman–Crippen LogP) is 3.54. The standard InChI is InChI=1S/C17H28N2O.ClH/c1-5-17(18,6-2)12-19-16(20)11-14(4)15-10-8-7-9-13(15)3;/h7-10,14H,5-6,11-12,18H2,1-4H3,(H,19,20);1H. The molecule has 3 nitrogen and oxygen atoms in total. The van der Waals surface area contributed by atoms with Gasteiger partial charge in [-0.1, -0.05) is 45.0 Å². The van der Waals surface area contributed by atoms with E-state index in [0.29, 0.717) is 13.0 Å². The summed E-state index contributed by atoms with van der Waals surface area (Å²) < 4.78 is 0. The average Bonchev–Trinajstić information content (AvgIpc) is 2.45. The van der Waals surface area contributed by atoms with Crippen LogP contribution in [0, 0.1) is 6.92 Å². The smallest absolute Gasteiger partial charge is 0.220 e. The second-order valence-corrected chi connectivity index (χ2v) is 5.81. The van der Waals surface area contributed by atoms with Crippen LogP contribution in [0.25, 0.3) is 0 Å². The zero-order valence-electron chi connectivity index (χ0n) is 13.6. The third-order valence-corrected chi connectivity index (χ3v) is 4.26. The molecule has 0 saturated heterocycles. The number of amides is 1. The van der Waals surface area contributed by atoms with Gasteiger partial charge in [0.05, 0.1) is 0 Å². The first kappa shape index (κ1) is 19.9. The molecule has 0 aliphatic rings. The molecule has 120 valence electrons. The Kier molecular flexibility index (Phi) is 8.60. The van der Waals surface area contributed by atoms with Gasteiger partial charge in [0.25, 0.3) is 0 Å². The van der Waals surface area contributed by atoms with E-state index in [1.54, 1.807) is 0 Å². The van der Waals surface area contributed by atoms with Crippen LogP contribution in [0.2, 0.25) is 0 Å². The van der Waals surface area contributed by atoms with Crippen molar-refractivity contribution in [3.63, 3.8) is 0 Å². The first-order valence-electron chi connectivity index (χ1n) is 7.53. The summed E-state index contributed by atoms with van der Waals surface area (Å²) in [7, 11) is 0. The number of halogens is 1. The fraction of sp³-hybridized carbons (Fsp3) is 0.588. The summed E-state index contributed by atoms with van der Waals surface area (Å²) in [6, 6.07) is 8.23. The van der Waals surface area contributed by atoms with Crippen molar-refractivity contribution >= 4 is 18.3 Å². The van der Waals surface area contributed by atoms with E-state index in [1.807, 2.05) is 12.1 Å². The highest BCUT2D eigenvalue weighted by Crippen LogP contribution is 2.22. The molecule has 0 bridgehead atoms. The molecule has 0 spiro atoms. The van der Waals surface area contributed by atoms with E-state index in [1.165, 1.54) is 11.1 Å². The number of nitrogens with one attached hydrogen (secondary N) is 1. The third kappa shape index (κ3) is 6.06. The van der Waals surface area contributed by atoms with E-state index in [-0.39, 0.29) is 29.8 Å². The predicted molar refractivity (Wildman–Crippen MR) is 92.0 cm³/mol. The van der Waals surface area contributed by atoms with Crippen molar-refractivity contribution < 1.29 is 4.79 Å². The van der Waals surface area contributed by atoms with E-state index >= 15 is 0 Å². The molecule has 1 aromatic carbocycles. The summed E-state index contributed by atoms with van der Waals surface area (Å²) in [5, 5.41) is 2.98. The molecule has 0 radical (unpaired) electrons. The van der Waals surface area contributed by atoms with Crippen LogP contribution in [0.1, 0.15) is 57.1 Å². The Bertz CT molecular complexity index is 444. The van der Waals surface area contributed by atoms with E-state index in [9.17, 15) is 4.79 Å². The lowest BCUT2D eigenvalue weighted by atomic mass is 9.92. The maximum atomic E-state index is 12.0. The van der Waals surface area contributed by atoms with Crippen molar-refractivity contribution in [1.29, 1.82) is 0 Å². The van der Waals surface area contributed by atoms with Crippen molar-refractivity contribution in [2.75, 3.05) is 6.54 Å². The van der Waals surface area contributed by atoms with Crippen LogP contribution in [0.15, 0.2) is 24.3 Å². The van der Waals surface area contributed by atoms with Crippen molar-refractivity contribution in [1.82, 2.24) is 5.32 Å². The summed E-state index contributed by atoms with van der Waals surface area (Å²) in [6.07, 6.45) is 2.25. The average molecular weight is 313 g/mol. The van der Waals surface area contributed by atoms with Gasteiger partial charge in [-0.05, 0) is 36.8 Å². The number of hydrogen-bond acceptors (Lipinski definition) is 2. The molecule has 1 amide bonds. The van der Waals surface area contributed by atoms with Gasteiger partial charge in [-0.3, -0.25) is 4.79 Å². The molecule has 21 heavy (non-hydrogen) atoms. The van der Waals surface area contributed by atoms with Crippen LogP contribution < -0.4 is 11.1 Å². The highest BCUT2D eigenvalue weighted by atomic mass is 35.5. The molecule has 1 aromatic rings. The Balaban J connectivity index is 0.00000400. The minimum Gasteiger partial charge on any atom is -0.354 e. The molecule has 1 unspecified atom stereocenters. The highest BCUT2D eigenvalue weighted by molar-refractivity contribution is 5.85. The first-order valence-corrected chi connectivity index (χ1v) is 7.53. The van der Waals surface area contributed by atoms with Gasteiger partial charge in [-0.2, -0.15) is 0 Å². The topological polar surface area (TPSA) is 55.1 Å². The van der Waals surface area contributed by atoms with Crippen LogP contribution in [0.5, 0.6) is 0 Å². The molecule has 4 heteroatoms. The maximum Gasteiger partial charge on any atom is 0.220 e. The lowest BCUT2D eigenvalue weighted by molar-refractivity contribution is -0.121. The third-order valence-electron chi connectivity index (χ3n) is 4.26. The summed E-state index contributed by atoms with van der Waals surface area (Å²) in [5.41, 5.74) is 8.40. The van der Waals surface area contributed by atoms with E-state index in [4.69, 9.17) is 5.73 Å². The molecule has 0 saturated carbocycles. The van der Waals surface area contributed by atoms with E-state index in [2.05, 4.69) is 45.1 Å². The first-order chi connectivity index (χ1) is 9.41. The Morgan fingerprint density at radius 3 is 2.38 bits per heavy atom. The Labute approximate surface area is 135 Å². The zero-order chi connectivity index (χ0) is 15.2. The van der Waals surface area contributed by atoms with Crippen molar-refractivity contribution in [2.45, 2.75) is 58.4 Å². The summed E-state index contributed by atoms with van der Waals surface area (Å²) in [6.45, 7) is 8.86. The maximum absolute atomic E-state index is 12.0. The van der Waals surface area contributed by atoms with Gasteiger partial charge >= 0.3 is 0 Å². The van der Waals surface area contributed by atoms with E-state index in [0.717, 1.165) is 12.8 Å². The van der Waals surface area contributed by atoms with Crippen LogP contribution >= 0.6 is 12.4 Å². The van der Waals surface area contributed by atoms with Gasteiger partial charge in [0.2, 0.25) is 5.91 Å². The molecule has 0 aliphatic carbocycles. The van der Waals surface area contributed by atoms with Gasteiger partial charge in [0.1, 0.15) is 0 Å². The number of hydrogen-bond donors (Lipinski definition) is 2. The molecule has 1 atom stereocenters. The Hall–Kier alpha value is -1.06. The number of benzene rings is 1. The van der Waals surface area contributed by atoms with Gasteiger partial charge in [0.15, 0.2) is 0 Å². The lowest BCUT2D eigenvalue weighted by Crippen LogP contribution is -2.49. The van der Waals surface area contributed by atoms with Gasteiger partial charge in [-0.25, -0.2) is 0 Å². The van der Waals surface area contributed by atoms with Gasteiger partial charge in [0, 0.05) is 18.5 Å². The van der Waals surface area contributed by atoms with Crippen LogP contribution in [-0.2, 0) is 4.79 Å². The monoisotopic (exact) mass is 312 g/mol.